The molecule has 68 heavy (non-hydrogen) atoms. The molecule has 0 heterocycles. The van der Waals surface area contributed by atoms with Gasteiger partial charge < -0.3 is 14.6 Å². The molecule has 5 nitrogen and oxygen atoms in total. The molecule has 0 bridgehead atoms. The molecule has 0 aromatic heterocycles. The molecule has 0 aromatic carbocycles. The van der Waals surface area contributed by atoms with Crippen LogP contribution in [-0.2, 0) is 19.1 Å². The van der Waals surface area contributed by atoms with E-state index in [0.717, 1.165) is 83.5 Å². The Hall–Kier alpha value is -2.92. The van der Waals surface area contributed by atoms with Crippen LogP contribution in [0.2, 0.25) is 0 Å². The molecule has 0 saturated carbocycles. The van der Waals surface area contributed by atoms with Crippen molar-refractivity contribution in [2.45, 2.75) is 290 Å². The Labute approximate surface area is 422 Å². The highest BCUT2D eigenvalue weighted by molar-refractivity contribution is 5.70. The first-order valence-corrected chi connectivity index (χ1v) is 29.1. The van der Waals surface area contributed by atoms with E-state index in [1.165, 1.54) is 173 Å². The molecule has 1 N–H and O–H groups in total. The minimum absolute atomic E-state index is 0.0637. The second-order valence-electron chi connectivity index (χ2n) is 19.3. The molecule has 392 valence electrons. The van der Waals surface area contributed by atoms with Crippen molar-refractivity contribution in [2.75, 3.05) is 13.2 Å². The largest absolute Gasteiger partial charge is 0.462 e. The van der Waals surface area contributed by atoms with Crippen LogP contribution >= 0.6 is 0 Å². The SMILES string of the molecule is CC/C=C\C/C=C\C/C=C\C/C=C\C/C=C\C/C=C\C/C=C\CCCCCCCCCCCCCCCCCC(=O)OC(CO)COC(=O)CCCCCCCCCCCCCCCCCCC. The van der Waals surface area contributed by atoms with Gasteiger partial charge in [-0.2, -0.15) is 0 Å². The number of carbonyl (C=O) groups is 2. The van der Waals surface area contributed by atoms with E-state index in [2.05, 4.69) is 98.9 Å². The number of carbonyl (C=O) groups excluding carboxylic acids is 2. The lowest BCUT2D eigenvalue weighted by molar-refractivity contribution is -0.161. The van der Waals surface area contributed by atoms with Crippen LogP contribution in [0.5, 0.6) is 0 Å². The van der Waals surface area contributed by atoms with E-state index in [1.807, 2.05) is 0 Å². The third-order valence-corrected chi connectivity index (χ3v) is 12.7. The molecule has 1 unspecified atom stereocenters. The fourth-order valence-corrected chi connectivity index (χ4v) is 8.36. The minimum atomic E-state index is -0.773. The second-order valence-corrected chi connectivity index (χ2v) is 19.3. The number of hydrogen-bond donors (Lipinski definition) is 1. The summed E-state index contributed by atoms with van der Waals surface area (Å²) in [5.41, 5.74) is 0. The fourth-order valence-electron chi connectivity index (χ4n) is 8.36. The summed E-state index contributed by atoms with van der Waals surface area (Å²) < 4.78 is 10.7. The van der Waals surface area contributed by atoms with Gasteiger partial charge in [0.05, 0.1) is 6.61 Å². The lowest BCUT2D eigenvalue weighted by Gasteiger charge is -2.15. The van der Waals surface area contributed by atoms with Gasteiger partial charge in [0.1, 0.15) is 6.61 Å². The van der Waals surface area contributed by atoms with Crippen LogP contribution in [0.1, 0.15) is 284 Å². The summed E-state index contributed by atoms with van der Waals surface area (Å²) >= 11 is 0. The number of aliphatic hydroxyl groups excluding tert-OH is 1. The summed E-state index contributed by atoms with van der Waals surface area (Å²) in [6.45, 7) is 4.05. The maximum Gasteiger partial charge on any atom is 0.306 e. The third kappa shape index (κ3) is 55.7. The lowest BCUT2D eigenvalue weighted by Crippen LogP contribution is -2.28. The van der Waals surface area contributed by atoms with Crippen LogP contribution in [-0.4, -0.2) is 36.4 Å². The molecule has 0 aliphatic carbocycles. The summed E-state index contributed by atoms with van der Waals surface area (Å²) in [4.78, 5) is 24.5. The highest BCUT2D eigenvalue weighted by Crippen LogP contribution is 2.17. The van der Waals surface area contributed by atoms with Crippen molar-refractivity contribution in [1.29, 1.82) is 0 Å². The molecule has 0 rings (SSSR count). The normalized spacial score (nSPS) is 12.8. The molecule has 0 amide bonds. The Morgan fingerprint density at radius 3 is 0.956 bits per heavy atom. The summed E-state index contributed by atoms with van der Waals surface area (Å²) in [5.74, 6) is -0.580. The van der Waals surface area contributed by atoms with Gasteiger partial charge in [-0.05, 0) is 70.6 Å². The van der Waals surface area contributed by atoms with Gasteiger partial charge in [0.25, 0.3) is 0 Å². The summed E-state index contributed by atoms with van der Waals surface area (Å²) in [7, 11) is 0. The van der Waals surface area contributed by atoms with Crippen LogP contribution in [0, 0.1) is 0 Å². The standard InChI is InChI=1S/C63H110O5/c1-3-5-7-9-11-13-15-17-19-21-22-23-24-25-26-27-28-29-30-31-32-33-34-35-36-37-38-39-40-42-44-46-48-50-52-54-56-58-63(66)68-61(59-64)60-67-62(65)57-55-53-51-49-47-45-43-41-20-18-16-14-12-10-8-6-4-2/h5,7,11,13,17,19,22-23,25-26,28-29,31-32,61,64H,3-4,6,8-10,12,14-16,18,20-21,24,27,30,33-60H2,1-2H3/b7-5-,13-11-,19-17-,23-22-,26-25-,29-28-,32-31-. The third-order valence-electron chi connectivity index (χ3n) is 12.7. The average Bonchev–Trinajstić information content (AvgIpc) is 3.34. The predicted molar refractivity (Wildman–Crippen MR) is 297 cm³/mol. The number of esters is 2. The number of rotatable bonds is 53. The number of aliphatic hydroxyl groups is 1. The van der Waals surface area contributed by atoms with E-state index in [0.29, 0.717) is 12.8 Å². The zero-order valence-corrected chi connectivity index (χ0v) is 44.9. The molecule has 0 spiro atoms. The molecule has 0 radical (unpaired) electrons. The van der Waals surface area contributed by atoms with Gasteiger partial charge >= 0.3 is 11.9 Å². The van der Waals surface area contributed by atoms with Gasteiger partial charge in [-0.3, -0.25) is 9.59 Å². The van der Waals surface area contributed by atoms with Crippen LogP contribution in [0.3, 0.4) is 0 Å². The van der Waals surface area contributed by atoms with Gasteiger partial charge in [0.15, 0.2) is 6.10 Å². The molecule has 1 atom stereocenters. The zero-order chi connectivity index (χ0) is 49.2. The average molecular weight is 948 g/mol. The van der Waals surface area contributed by atoms with Crippen molar-refractivity contribution in [1.82, 2.24) is 0 Å². The number of unbranched alkanes of at least 4 members (excludes halogenated alkanes) is 31. The van der Waals surface area contributed by atoms with Gasteiger partial charge in [0, 0.05) is 12.8 Å². The second kappa shape index (κ2) is 58.4. The summed E-state index contributed by atoms with van der Waals surface area (Å²) in [6.07, 6.45) is 81.3. The van der Waals surface area contributed by atoms with Crippen LogP contribution < -0.4 is 0 Å². The van der Waals surface area contributed by atoms with Crippen LogP contribution in [0.25, 0.3) is 0 Å². The van der Waals surface area contributed by atoms with Crippen molar-refractivity contribution < 1.29 is 24.2 Å². The van der Waals surface area contributed by atoms with Crippen molar-refractivity contribution in [3.8, 4) is 0 Å². The maximum atomic E-state index is 12.3. The highest BCUT2D eigenvalue weighted by Gasteiger charge is 2.16. The molecule has 0 saturated heterocycles. The first kappa shape index (κ1) is 65.1. The summed E-state index contributed by atoms with van der Waals surface area (Å²) in [5, 5.41) is 9.65. The Bertz CT molecular complexity index is 1250. The molecule has 0 aliphatic rings. The van der Waals surface area contributed by atoms with E-state index in [-0.39, 0.29) is 25.2 Å². The van der Waals surface area contributed by atoms with Crippen LogP contribution in [0.15, 0.2) is 85.1 Å². The van der Waals surface area contributed by atoms with Crippen LogP contribution in [0.4, 0.5) is 0 Å². The monoisotopic (exact) mass is 947 g/mol. The Morgan fingerprint density at radius 1 is 0.353 bits per heavy atom. The Balaban J connectivity index is 3.48. The first-order valence-electron chi connectivity index (χ1n) is 29.1. The minimum Gasteiger partial charge on any atom is -0.462 e. The van der Waals surface area contributed by atoms with Gasteiger partial charge in [-0.25, -0.2) is 0 Å². The van der Waals surface area contributed by atoms with E-state index < -0.39 is 6.10 Å². The molecule has 0 fully saturated rings. The molecular formula is C63H110O5. The lowest BCUT2D eigenvalue weighted by atomic mass is 10.0. The zero-order valence-electron chi connectivity index (χ0n) is 44.9. The molecule has 0 aliphatic heterocycles. The number of ether oxygens (including phenoxy) is 2. The summed E-state index contributed by atoms with van der Waals surface area (Å²) in [6, 6.07) is 0. The van der Waals surface area contributed by atoms with E-state index in [9.17, 15) is 14.7 Å². The maximum absolute atomic E-state index is 12.3. The van der Waals surface area contributed by atoms with E-state index in [4.69, 9.17) is 9.47 Å². The Kier molecular flexibility index (Phi) is 55.9. The highest BCUT2D eigenvalue weighted by atomic mass is 16.6. The van der Waals surface area contributed by atoms with Gasteiger partial charge in [-0.15, -0.1) is 0 Å². The van der Waals surface area contributed by atoms with Gasteiger partial charge in [-0.1, -0.05) is 285 Å². The quantitative estimate of drug-likeness (QED) is 0.0374. The van der Waals surface area contributed by atoms with Crippen molar-refractivity contribution in [3.63, 3.8) is 0 Å². The molecule has 5 heteroatoms. The number of hydrogen-bond acceptors (Lipinski definition) is 5. The van der Waals surface area contributed by atoms with Gasteiger partial charge in [0.2, 0.25) is 0 Å². The predicted octanol–water partition coefficient (Wildman–Crippen LogP) is 19.8. The topological polar surface area (TPSA) is 72.8 Å². The number of allylic oxidation sites excluding steroid dienone is 14. The van der Waals surface area contributed by atoms with Crippen molar-refractivity contribution in [2.24, 2.45) is 0 Å². The first-order chi connectivity index (χ1) is 33.6. The van der Waals surface area contributed by atoms with E-state index in [1.54, 1.807) is 0 Å². The van der Waals surface area contributed by atoms with E-state index >= 15 is 0 Å². The molecular weight excluding hydrogens is 837 g/mol. The van der Waals surface area contributed by atoms with Crippen molar-refractivity contribution in [3.05, 3.63) is 85.1 Å². The smallest absolute Gasteiger partial charge is 0.306 e. The Morgan fingerprint density at radius 2 is 0.632 bits per heavy atom. The molecule has 0 aromatic rings. The van der Waals surface area contributed by atoms with Crippen molar-refractivity contribution >= 4 is 11.9 Å². The fraction of sp³-hybridized carbons (Fsp3) is 0.746.